The maximum atomic E-state index is 13.3. The van der Waals surface area contributed by atoms with Crippen LogP contribution in [0.2, 0.25) is 0 Å². The summed E-state index contributed by atoms with van der Waals surface area (Å²) in [6, 6.07) is 4.15. The number of ether oxygens (including phenoxy) is 2. The van der Waals surface area contributed by atoms with E-state index in [1.165, 1.54) is 43.4 Å². The number of carbonyl (C=O) groups excluding carboxylic acids is 2. The second-order valence-electron chi connectivity index (χ2n) is 4.75. The molecule has 0 bridgehead atoms. The molecule has 0 aliphatic carbocycles. The average Bonchev–Trinajstić information content (AvgIpc) is 2.76. The van der Waals surface area contributed by atoms with Crippen LogP contribution in [0.25, 0.3) is 0 Å². The van der Waals surface area contributed by atoms with Crippen LogP contribution in [0.4, 0.5) is 10.1 Å². The molecular formula is C17H16FNO4. The number of carbonyl (C=O) groups is 2. The lowest BCUT2D eigenvalue weighted by molar-refractivity contribution is -0.139. The van der Waals surface area contributed by atoms with E-state index in [1.807, 2.05) is 0 Å². The van der Waals surface area contributed by atoms with E-state index in [1.54, 1.807) is 25.3 Å². The third-order valence-electron chi connectivity index (χ3n) is 3.31. The second kappa shape index (κ2) is 6.91. The molecule has 1 heterocycles. The summed E-state index contributed by atoms with van der Waals surface area (Å²) >= 11 is 0. The number of esters is 2. The third kappa shape index (κ3) is 3.31. The van der Waals surface area contributed by atoms with E-state index in [9.17, 15) is 14.0 Å². The molecule has 0 N–H and O–H groups in total. The second-order valence-corrected chi connectivity index (χ2v) is 4.75. The van der Waals surface area contributed by atoms with Gasteiger partial charge in [0.15, 0.2) is 0 Å². The van der Waals surface area contributed by atoms with Gasteiger partial charge >= 0.3 is 11.9 Å². The molecule has 1 aliphatic rings. The molecule has 0 saturated carbocycles. The number of anilines is 1. The predicted molar refractivity (Wildman–Crippen MR) is 83.0 cm³/mol. The zero-order valence-electron chi connectivity index (χ0n) is 13.0. The summed E-state index contributed by atoms with van der Waals surface area (Å²) in [7, 11) is 2.45. The molecule has 23 heavy (non-hydrogen) atoms. The summed E-state index contributed by atoms with van der Waals surface area (Å²) in [5.74, 6) is -1.76. The first-order valence-electron chi connectivity index (χ1n) is 6.80. The summed E-state index contributed by atoms with van der Waals surface area (Å²) in [5.41, 5.74) is 1.20. The van der Waals surface area contributed by atoms with E-state index < -0.39 is 11.9 Å². The van der Waals surface area contributed by atoms with Crippen LogP contribution in [0.3, 0.4) is 0 Å². The van der Waals surface area contributed by atoms with Crippen LogP contribution in [0.15, 0.2) is 53.9 Å². The molecule has 2 rings (SSSR count). The highest BCUT2D eigenvalue weighted by Crippen LogP contribution is 2.29. The van der Waals surface area contributed by atoms with Gasteiger partial charge in [0.05, 0.1) is 19.8 Å². The van der Waals surface area contributed by atoms with Crippen molar-refractivity contribution < 1.29 is 23.5 Å². The van der Waals surface area contributed by atoms with Gasteiger partial charge in [-0.15, -0.1) is 0 Å². The van der Waals surface area contributed by atoms with E-state index in [-0.39, 0.29) is 17.1 Å². The predicted octanol–water partition coefficient (Wildman–Crippen LogP) is 2.62. The molecule has 5 nitrogen and oxygen atoms in total. The van der Waals surface area contributed by atoms with Crippen LogP contribution >= 0.6 is 0 Å². The van der Waals surface area contributed by atoms with Gasteiger partial charge in [0.1, 0.15) is 11.5 Å². The highest BCUT2D eigenvalue weighted by atomic mass is 19.1. The van der Waals surface area contributed by atoms with Crippen LogP contribution in [0.5, 0.6) is 0 Å². The fraction of sp³-hybridized carbons (Fsp3) is 0.176. The SMILES string of the molecule is COC(=O)C1=C(C(=O)OC)N(c2ccc(F)cc2C)C=CC=C1. The quantitative estimate of drug-likeness (QED) is 0.802. The molecule has 0 amide bonds. The number of allylic oxidation sites excluding steroid dienone is 2. The maximum Gasteiger partial charge on any atom is 0.355 e. The Labute approximate surface area is 133 Å². The molecule has 0 radical (unpaired) electrons. The minimum Gasteiger partial charge on any atom is -0.465 e. The molecule has 1 aliphatic heterocycles. The zero-order chi connectivity index (χ0) is 17.0. The van der Waals surface area contributed by atoms with Crippen molar-refractivity contribution in [2.45, 2.75) is 6.92 Å². The standard InChI is InChI=1S/C17H16FNO4/c1-11-10-12(18)7-8-14(11)19-9-5-4-6-13(16(20)22-2)15(19)17(21)23-3/h4-10H,1-3H3. The molecule has 0 atom stereocenters. The van der Waals surface area contributed by atoms with E-state index in [4.69, 9.17) is 9.47 Å². The fourth-order valence-corrected chi connectivity index (χ4v) is 2.24. The summed E-state index contributed by atoms with van der Waals surface area (Å²) in [6.07, 6.45) is 6.32. The fourth-order valence-electron chi connectivity index (χ4n) is 2.24. The molecule has 0 fully saturated rings. The lowest BCUT2D eigenvalue weighted by Crippen LogP contribution is -2.27. The summed E-state index contributed by atoms with van der Waals surface area (Å²) < 4.78 is 22.9. The van der Waals surface area contributed by atoms with Crippen molar-refractivity contribution in [3.05, 3.63) is 65.3 Å². The largest absolute Gasteiger partial charge is 0.465 e. The van der Waals surface area contributed by atoms with Crippen molar-refractivity contribution in [1.82, 2.24) is 0 Å². The first-order valence-corrected chi connectivity index (χ1v) is 6.80. The first kappa shape index (κ1) is 16.5. The van der Waals surface area contributed by atoms with Crippen LogP contribution in [-0.2, 0) is 19.1 Å². The van der Waals surface area contributed by atoms with Crippen molar-refractivity contribution in [3.63, 3.8) is 0 Å². The van der Waals surface area contributed by atoms with Crippen molar-refractivity contribution in [2.24, 2.45) is 0 Å². The van der Waals surface area contributed by atoms with Gasteiger partial charge in [-0.3, -0.25) is 0 Å². The monoisotopic (exact) mass is 317 g/mol. The van der Waals surface area contributed by atoms with Crippen LogP contribution in [-0.4, -0.2) is 26.2 Å². The Kier molecular flexibility index (Phi) is 4.95. The number of methoxy groups -OCH3 is 2. The van der Waals surface area contributed by atoms with Crippen molar-refractivity contribution >= 4 is 17.6 Å². The molecule has 1 aromatic carbocycles. The number of benzene rings is 1. The smallest absolute Gasteiger partial charge is 0.355 e. The normalized spacial score (nSPS) is 13.8. The minimum atomic E-state index is -0.703. The van der Waals surface area contributed by atoms with Gasteiger partial charge in [0.25, 0.3) is 0 Å². The number of rotatable bonds is 3. The Balaban J connectivity index is 2.68. The third-order valence-corrected chi connectivity index (χ3v) is 3.31. The van der Waals surface area contributed by atoms with E-state index in [2.05, 4.69) is 0 Å². The summed E-state index contributed by atoms with van der Waals surface area (Å²) in [4.78, 5) is 25.7. The maximum absolute atomic E-state index is 13.3. The van der Waals surface area contributed by atoms with Crippen LogP contribution in [0.1, 0.15) is 5.56 Å². The van der Waals surface area contributed by atoms with Gasteiger partial charge in [-0.05, 0) is 42.8 Å². The molecule has 0 saturated heterocycles. The molecule has 0 aromatic heterocycles. The van der Waals surface area contributed by atoms with Gasteiger partial charge in [-0.1, -0.05) is 6.08 Å². The van der Waals surface area contributed by atoms with E-state index >= 15 is 0 Å². The van der Waals surface area contributed by atoms with Gasteiger partial charge in [-0.25, -0.2) is 14.0 Å². The van der Waals surface area contributed by atoms with Crippen molar-refractivity contribution in [2.75, 3.05) is 19.1 Å². The Morgan fingerprint density at radius 2 is 1.78 bits per heavy atom. The summed E-state index contributed by atoms with van der Waals surface area (Å²) in [5, 5.41) is 0. The van der Waals surface area contributed by atoms with Gasteiger partial charge in [0, 0.05) is 11.9 Å². The highest BCUT2D eigenvalue weighted by Gasteiger charge is 2.28. The summed E-state index contributed by atoms with van der Waals surface area (Å²) in [6.45, 7) is 1.71. The molecular weight excluding hydrogens is 301 g/mol. The van der Waals surface area contributed by atoms with Gasteiger partial charge < -0.3 is 14.4 Å². The van der Waals surface area contributed by atoms with Crippen LogP contribution in [0, 0.1) is 12.7 Å². The Morgan fingerprint density at radius 3 is 2.39 bits per heavy atom. The lowest BCUT2D eigenvalue weighted by Gasteiger charge is -2.24. The van der Waals surface area contributed by atoms with Crippen LogP contribution < -0.4 is 4.90 Å². The topological polar surface area (TPSA) is 55.8 Å². The molecule has 6 heteroatoms. The Morgan fingerprint density at radius 1 is 1.09 bits per heavy atom. The molecule has 120 valence electrons. The Bertz CT molecular complexity index is 734. The lowest BCUT2D eigenvalue weighted by atomic mass is 10.1. The average molecular weight is 317 g/mol. The Hall–Kier alpha value is -2.89. The number of hydrogen-bond donors (Lipinski definition) is 0. The number of aryl methyl sites for hydroxylation is 1. The molecule has 0 unspecified atom stereocenters. The highest BCUT2D eigenvalue weighted by molar-refractivity contribution is 6.05. The minimum absolute atomic E-state index is 0.000872. The number of halogens is 1. The van der Waals surface area contributed by atoms with E-state index in [0.717, 1.165) is 0 Å². The molecule has 1 aromatic rings. The zero-order valence-corrected chi connectivity index (χ0v) is 13.0. The van der Waals surface area contributed by atoms with Gasteiger partial charge in [-0.2, -0.15) is 0 Å². The van der Waals surface area contributed by atoms with E-state index in [0.29, 0.717) is 11.3 Å². The first-order chi connectivity index (χ1) is 11.0. The van der Waals surface area contributed by atoms with Gasteiger partial charge in [0.2, 0.25) is 0 Å². The van der Waals surface area contributed by atoms with Crippen molar-refractivity contribution in [1.29, 1.82) is 0 Å². The molecule has 0 spiro atoms. The van der Waals surface area contributed by atoms with Crippen molar-refractivity contribution in [3.8, 4) is 0 Å². The number of nitrogens with zero attached hydrogens (tertiary/aromatic N) is 1. The number of hydrogen-bond acceptors (Lipinski definition) is 5.